The summed E-state index contributed by atoms with van der Waals surface area (Å²) in [5.41, 5.74) is 1.19. The number of hydrogen-bond donors (Lipinski definition) is 2. The number of anilines is 1. The lowest BCUT2D eigenvalue weighted by molar-refractivity contribution is 0.103. The molecule has 0 atom stereocenters. The van der Waals surface area contributed by atoms with Crippen LogP contribution >= 0.6 is 34.5 Å². The zero-order chi connectivity index (χ0) is 19.0. The number of nitrogens with one attached hydrogen (secondary N) is 1. The first kappa shape index (κ1) is 18.1. The number of halogens is 2. The second-order valence-corrected chi connectivity index (χ2v) is 7.65. The van der Waals surface area contributed by atoms with E-state index in [0.717, 1.165) is 10.1 Å². The topological polar surface area (TPSA) is 62.5 Å². The Balaban J connectivity index is 1.65. The Morgan fingerprint density at radius 1 is 1.11 bits per heavy atom. The van der Waals surface area contributed by atoms with E-state index < -0.39 is 0 Å². The standard InChI is InChI=1S/C20H13Cl2NO3S/c21-15-7-5-11(9-14(15)16-8-6-12(10-24)26-16)23-20(25)19-18(22)13-3-1-2-4-17(13)27-19/h1-9,24H,10H2,(H,23,25). The van der Waals surface area contributed by atoms with E-state index >= 15 is 0 Å². The second kappa shape index (κ2) is 7.37. The fourth-order valence-electron chi connectivity index (χ4n) is 2.75. The van der Waals surface area contributed by atoms with Crippen molar-refractivity contribution in [3.05, 3.63) is 75.3 Å². The Kier molecular flexibility index (Phi) is 4.93. The number of carbonyl (C=O) groups is 1. The summed E-state index contributed by atoms with van der Waals surface area (Å²) < 4.78 is 6.49. The summed E-state index contributed by atoms with van der Waals surface area (Å²) in [5.74, 6) is 0.664. The molecule has 0 saturated heterocycles. The molecule has 2 N–H and O–H groups in total. The lowest BCUT2D eigenvalue weighted by Crippen LogP contribution is -2.10. The van der Waals surface area contributed by atoms with Gasteiger partial charge in [-0.15, -0.1) is 11.3 Å². The van der Waals surface area contributed by atoms with Gasteiger partial charge in [-0.05, 0) is 36.4 Å². The number of amides is 1. The van der Waals surface area contributed by atoms with E-state index in [9.17, 15) is 4.79 Å². The normalized spacial score (nSPS) is 11.1. The first-order valence-corrected chi connectivity index (χ1v) is 9.62. The molecular formula is C20H13Cl2NO3S. The molecule has 0 radical (unpaired) electrons. The molecule has 27 heavy (non-hydrogen) atoms. The van der Waals surface area contributed by atoms with E-state index in [4.69, 9.17) is 32.7 Å². The molecule has 7 heteroatoms. The summed E-state index contributed by atoms with van der Waals surface area (Å²) in [5, 5.41) is 13.8. The molecular weight excluding hydrogens is 405 g/mol. The first-order chi connectivity index (χ1) is 13.1. The summed E-state index contributed by atoms with van der Waals surface area (Å²) in [6.07, 6.45) is 0. The maximum Gasteiger partial charge on any atom is 0.267 e. The third-order valence-corrected chi connectivity index (χ3v) is 6.05. The van der Waals surface area contributed by atoms with Gasteiger partial charge in [0.15, 0.2) is 0 Å². The molecule has 2 aromatic carbocycles. The molecule has 2 heterocycles. The lowest BCUT2D eigenvalue weighted by atomic mass is 10.1. The van der Waals surface area contributed by atoms with E-state index in [0.29, 0.717) is 37.7 Å². The van der Waals surface area contributed by atoms with E-state index in [2.05, 4.69) is 5.32 Å². The van der Waals surface area contributed by atoms with E-state index in [-0.39, 0.29) is 12.5 Å². The van der Waals surface area contributed by atoms with Crippen LogP contribution in [0.5, 0.6) is 0 Å². The van der Waals surface area contributed by atoms with Gasteiger partial charge in [0.2, 0.25) is 0 Å². The van der Waals surface area contributed by atoms with Crippen molar-refractivity contribution in [2.24, 2.45) is 0 Å². The minimum absolute atomic E-state index is 0.196. The number of hydrogen-bond acceptors (Lipinski definition) is 4. The largest absolute Gasteiger partial charge is 0.459 e. The summed E-state index contributed by atoms with van der Waals surface area (Å²) >= 11 is 14.0. The molecule has 1 amide bonds. The summed E-state index contributed by atoms with van der Waals surface area (Å²) in [7, 11) is 0. The molecule has 0 bridgehead atoms. The van der Waals surface area contributed by atoms with Gasteiger partial charge < -0.3 is 14.8 Å². The Hall–Kier alpha value is -2.31. The zero-order valence-electron chi connectivity index (χ0n) is 13.8. The van der Waals surface area contributed by atoms with Crippen molar-refractivity contribution in [2.45, 2.75) is 6.61 Å². The van der Waals surface area contributed by atoms with Crippen LogP contribution in [-0.4, -0.2) is 11.0 Å². The van der Waals surface area contributed by atoms with Crippen molar-refractivity contribution in [2.75, 3.05) is 5.32 Å². The molecule has 2 aromatic heterocycles. The molecule has 4 aromatic rings. The number of benzene rings is 2. The van der Waals surface area contributed by atoms with Gasteiger partial charge in [0.25, 0.3) is 5.91 Å². The van der Waals surface area contributed by atoms with Gasteiger partial charge in [0.05, 0.1) is 10.0 Å². The maximum atomic E-state index is 12.7. The number of thiophene rings is 1. The third-order valence-electron chi connectivity index (χ3n) is 4.05. The van der Waals surface area contributed by atoms with Gasteiger partial charge in [-0.2, -0.15) is 0 Å². The van der Waals surface area contributed by atoms with Crippen LogP contribution in [0.25, 0.3) is 21.4 Å². The molecule has 4 nitrogen and oxygen atoms in total. The van der Waals surface area contributed by atoms with Crippen LogP contribution in [0.2, 0.25) is 10.0 Å². The van der Waals surface area contributed by atoms with Gasteiger partial charge in [-0.3, -0.25) is 4.79 Å². The molecule has 4 rings (SSSR count). The van der Waals surface area contributed by atoms with Crippen molar-refractivity contribution in [3.8, 4) is 11.3 Å². The molecule has 0 unspecified atom stereocenters. The number of fused-ring (bicyclic) bond motifs is 1. The van der Waals surface area contributed by atoms with Gasteiger partial charge in [0.1, 0.15) is 23.0 Å². The van der Waals surface area contributed by atoms with Gasteiger partial charge in [-0.1, -0.05) is 41.4 Å². The lowest BCUT2D eigenvalue weighted by Gasteiger charge is -2.07. The number of carbonyl (C=O) groups excluding carboxylic acids is 1. The number of furan rings is 1. The van der Waals surface area contributed by atoms with Crippen molar-refractivity contribution in [1.82, 2.24) is 0 Å². The number of aliphatic hydroxyl groups is 1. The van der Waals surface area contributed by atoms with Crippen molar-refractivity contribution in [3.63, 3.8) is 0 Å². The van der Waals surface area contributed by atoms with Crippen molar-refractivity contribution < 1.29 is 14.3 Å². The second-order valence-electron chi connectivity index (χ2n) is 5.81. The number of rotatable bonds is 4. The van der Waals surface area contributed by atoms with Crippen LogP contribution < -0.4 is 5.32 Å². The van der Waals surface area contributed by atoms with Crippen LogP contribution in [0.3, 0.4) is 0 Å². The van der Waals surface area contributed by atoms with Gasteiger partial charge in [-0.25, -0.2) is 0 Å². The average molecular weight is 418 g/mol. The van der Waals surface area contributed by atoms with Crippen LogP contribution in [0.4, 0.5) is 5.69 Å². The molecule has 0 spiro atoms. The fraction of sp³-hybridized carbons (Fsp3) is 0.0500. The Morgan fingerprint density at radius 3 is 2.67 bits per heavy atom. The van der Waals surface area contributed by atoms with Crippen LogP contribution in [-0.2, 0) is 6.61 Å². The predicted octanol–water partition coefficient (Wildman–Crippen LogP) is 6.21. The zero-order valence-corrected chi connectivity index (χ0v) is 16.2. The van der Waals surface area contributed by atoms with Gasteiger partial charge in [0, 0.05) is 21.3 Å². The Labute approximate surface area is 169 Å². The molecule has 0 aliphatic carbocycles. The number of aliphatic hydroxyl groups excluding tert-OH is 1. The van der Waals surface area contributed by atoms with Crippen molar-refractivity contribution in [1.29, 1.82) is 0 Å². The molecule has 0 saturated carbocycles. The predicted molar refractivity (Wildman–Crippen MR) is 110 cm³/mol. The smallest absolute Gasteiger partial charge is 0.267 e. The van der Waals surface area contributed by atoms with E-state index in [1.807, 2.05) is 24.3 Å². The molecule has 136 valence electrons. The summed E-state index contributed by atoms with van der Waals surface area (Å²) in [4.78, 5) is 13.2. The highest BCUT2D eigenvalue weighted by Gasteiger charge is 2.18. The highest BCUT2D eigenvalue weighted by molar-refractivity contribution is 7.21. The highest BCUT2D eigenvalue weighted by atomic mass is 35.5. The fourth-order valence-corrected chi connectivity index (χ4v) is 4.37. The minimum Gasteiger partial charge on any atom is -0.459 e. The third kappa shape index (κ3) is 3.47. The highest BCUT2D eigenvalue weighted by Crippen LogP contribution is 2.36. The average Bonchev–Trinajstić information content (AvgIpc) is 3.28. The Bertz CT molecular complexity index is 1150. The van der Waals surface area contributed by atoms with Crippen LogP contribution in [0.15, 0.2) is 59.0 Å². The van der Waals surface area contributed by atoms with Crippen LogP contribution in [0, 0.1) is 0 Å². The quantitative estimate of drug-likeness (QED) is 0.414. The Morgan fingerprint density at radius 2 is 1.93 bits per heavy atom. The first-order valence-electron chi connectivity index (χ1n) is 8.04. The van der Waals surface area contributed by atoms with Gasteiger partial charge >= 0.3 is 0 Å². The molecule has 0 fully saturated rings. The summed E-state index contributed by atoms with van der Waals surface area (Å²) in [6.45, 7) is -0.196. The van der Waals surface area contributed by atoms with Crippen LogP contribution in [0.1, 0.15) is 15.4 Å². The SMILES string of the molecule is O=C(Nc1ccc(Cl)c(-c2ccc(CO)o2)c1)c1sc2ccccc2c1Cl. The monoisotopic (exact) mass is 417 g/mol. The molecule has 0 aliphatic rings. The maximum absolute atomic E-state index is 12.7. The molecule has 0 aliphatic heterocycles. The van der Waals surface area contributed by atoms with E-state index in [1.54, 1.807) is 30.3 Å². The van der Waals surface area contributed by atoms with Crippen molar-refractivity contribution >= 4 is 56.2 Å². The minimum atomic E-state index is -0.287. The van der Waals surface area contributed by atoms with E-state index in [1.165, 1.54) is 11.3 Å². The summed E-state index contributed by atoms with van der Waals surface area (Å²) in [6, 6.07) is 16.1.